The van der Waals surface area contributed by atoms with Crippen LogP contribution in [0.25, 0.3) is 0 Å². The molecule has 7 heteroatoms. The zero-order valence-electron chi connectivity index (χ0n) is 14.3. The standard InChI is InChI=1S/C17H24ClN3O2.ClH/c1-17(2,3)15(19)16(23)21-9-8-20(14(22)11-21)10-12-4-6-13(18)7-5-12;/h4-7,15H,8-11,19H2,1-3H3;1H/t15-;/m1./s1. The Morgan fingerprint density at radius 1 is 1.25 bits per heavy atom. The number of nitrogens with two attached hydrogens (primary N) is 1. The zero-order valence-corrected chi connectivity index (χ0v) is 15.9. The third-order valence-corrected chi connectivity index (χ3v) is 4.37. The lowest BCUT2D eigenvalue weighted by molar-refractivity contribution is -0.147. The molecule has 0 saturated carbocycles. The minimum atomic E-state index is -0.599. The molecule has 0 radical (unpaired) electrons. The Bertz CT molecular complexity index is 584. The normalized spacial score (nSPS) is 16.6. The lowest BCUT2D eigenvalue weighted by Gasteiger charge is -2.37. The van der Waals surface area contributed by atoms with Gasteiger partial charge in [0.1, 0.15) is 0 Å². The van der Waals surface area contributed by atoms with Crippen molar-refractivity contribution >= 4 is 35.8 Å². The van der Waals surface area contributed by atoms with Gasteiger partial charge in [0.05, 0.1) is 12.6 Å². The summed E-state index contributed by atoms with van der Waals surface area (Å²) in [4.78, 5) is 28.1. The molecular weight excluding hydrogens is 349 g/mol. The molecule has 134 valence electrons. The van der Waals surface area contributed by atoms with Crippen LogP contribution in [0.15, 0.2) is 24.3 Å². The second-order valence-corrected chi connectivity index (χ2v) is 7.48. The van der Waals surface area contributed by atoms with Gasteiger partial charge in [0.25, 0.3) is 0 Å². The average Bonchev–Trinajstić information content (AvgIpc) is 2.49. The van der Waals surface area contributed by atoms with Gasteiger partial charge in [-0.25, -0.2) is 0 Å². The summed E-state index contributed by atoms with van der Waals surface area (Å²) in [5.41, 5.74) is 6.72. The number of hydrogen-bond acceptors (Lipinski definition) is 3. The number of rotatable bonds is 3. The number of carbonyl (C=O) groups is 2. The van der Waals surface area contributed by atoms with Crippen LogP contribution in [0, 0.1) is 5.41 Å². The van der Waals surface area contributed by atoms with Crippen LogP contribution < -0.4 is 5.73 Å². The highest BCUT2D eigenvalue weighted by molar-refractivity contribution is 6.30. The van der Waals surface area contributed by atoms with E-state index in [4.69, 9.17) is 17.3 Å². The van der Waals surface area contributed by atoms with E-state index in [0.29, 0.717) is 24.7 Å². The molecule has 1 fully saturated rings. The Balaban J connectivity index is 0.00000288. The van der Waals surface area contributed by atoms with Crippen LogP contribution in [0.5, 0.6) is 0 Å². The van der Waals surface area contributed by atoms with E-state index in [-0.39, 0.29) is 36.2 Å². The minimum Gasteiger partial charge on any atom is -0.335 e. The van der Waals surface area contributed by atoms with Crippen molar-refractivity contribution < 1.29 is 9.59 Å². The lowest BCUT2D eigenvalue weighted by Crippen LogP contribution is -2.57. The number of piperazine rings is 1. The van der Waals surface area contributed by atoms with E-state index in [2.05, 4.69) is 0 Å². The van der Waals surface area contributed by atoms with Crippen LogP contribution in [0.3, 0.4) is 0 Å². The molecule has 24 heavy (non-hydrogen) atoms. The van der Waals surface area contributed by atoms with Gasteiger partial charge in [-0.1, -0.05) is 44.5 Å². The van der Waals surface area contributed by atoms with E-state index in [9.17, 15) is 9.59 Å². The van der Waals surface area contributed by atoms with E-state index in [1.54, 1.807) is 9.80 Å². The summed E-state index contributed by atoms with van der Waals surface area (Å²) in [7, 11) is 0. The quantitative estimate of drug-likeness (QED) is 0.883. The summed E-state index contributed by atoms with van der Waals surface area (Å²) in [5, 5.41) is 0.673. The summed E-state index contributed by atoms with van der Waals surface area (Å²) in [6, 6.07) is 6.83. The molecule has 1 aliphatic heterocycles. The minimum absolute atomic E-state index is 0. The van der Waals surface area contributed by atoms with Crippen molar-refractivity contribution in [3.05, 3.63) is 34.9 Å². The SMILES string of the molecule is CC(C)(C)[C@H](N)C(=O)N1CCN(Cc2ccc(Cl)cc2)C(=O)C1.Cl. The molecule has 1 aromatic rings. The number of amides is 2. The molecule has 2 amide bonds. The number of benzene rings is 1. The first-order valence-electron chi connectivity index (χ1n) is 7.75. The molecule has 1 aliphatic rings. The maximum absolute atomic E-state index is 12.4. The van der Waals surface area contributed by atoms with Crippen LogP contribution >= 0.6 is 24.0 Å². The summed E-state index contributed by atoms with van der Waals surface area (Å²) in [6.45, 7) is 7.43. The van der Waals surface area contributed by atoms with Crippen molar-refractivity contribution in [2.75, 3.05) is 19.6 Å². The highest BCUT2D eigenvalue weighted by Crippen LogP contribution is 2.20. The lowest BCUT2D eigenvalue weighted by atomic mass is 9.86. The van der Waals surface area contributed by atoms with Crippen molar-refractivity contribution in [1.82, 2.24) is 9.80 Å². The average molecular weight is 374 g/mol. The van der Waals surface area contributed by atoms with Crippen molar-refractivity contribution in [2.45, 2.75) is 33.4 Å². The summed E-state index contributed by atoms with van der Waals surface area (Å²) >= 11 is 5.87. The Kier molecular flexibility index (Phi) is 7.08. The molecule has 0 aliphatic carbocycles. The monoisotopic (exact) mass is 373 g/mol. The van der Waals surface area contributed by atoms with Crippen LogP contribution in [0.2, 0.25) is 5.02 Å². The molecule has 0 spiro atoms. The smallest absolute Gasteiger partial charge is 0.242 e. The molecule has 5 nitrogen and oxygen atoms in total. The van der Waals surface area contributed by atoms with Gasteiger partial charge in [-0.3, -0.25) is 9.59 Å². The van der Waals surface area contributed by atoms with E-state index < -0.39 is 6.04 Å². The van der Waals surface area contributed by atoms with E-state index in [1.807, 2.05) is 45.0 Å². The number of carbonyl (C=O) groups excluding carboxylic acids is 2. The Hall–Kier alpha value is -1.30. The number of nitrogens with zero attached hydrogens (tertiary/aromatic N) is 2. The third-order valence-electron chi connectivity index (χ3n) is 4.12. The largest absolute Gasteiger partial charge is 0.335 e. The first kappa shape index (κ1) is 20.7. The van der Waals surface area contributed by atoms with E-state index >= 15 is 0 Å². The maximum atomic E-state index is 12.4. The second kappa shape index (κ2) is 8.19. The molecule has 1 aromatic carbocycles. The van der Waals surface area contributed by atoms with Gasteiger partial charge in [0.15, 0.2) is 0 Å². The fourth-order valence-corrected chi connectivity index (χ4v) is 2.57. The summed E-state index contributed by atoms with van der Waals surface area (Å²) in [6.07, 6.45) is 0. The van der Waals surface area contributed by atoms with E-state index in [1.165, 1.54) is 0 Å². The summed E-state index contributed by atoms with van der Waals surface area (Å²) in [5.74, 6) is -0.211. The Morgan fingerprint density at radius 2 is 1.83 bits per heavy atom. The van der Waals surface area contributed by atoms with Crippen LogP contribution in [-0.2, 0) is 16.1 Å². The molecule has 2 rings (SSSR count). The first-order chi connectivity index (χ1) is 10.7. The van der Waals surface area contributed by atoms with Crippen molar-refractivity contribution in [3.8, 4) is 0 Å². The Labute approximate surface area is 154 Å². The Morgan fingerprint density at radius 3 is 2.33 bits per heavy atom. The molecular formula is C17H25Cl2N3O2. The molecule has 1 heterocycles. The topological polar surface area (TPSA) is 66.6 Å². The van der Waals surface area contributed by atoms with Crippen LogP contribution in [0.4, 0.5) is 0 Å². The zero-order chi connectivity index (χ0) is 17.2. The van der Waals surface area contributed by atoms with Gasteiger partial charge in [-0.2, -0.15) is 0 Å². The third kappa shape index (κ3) is 5.10. The molecule has 1 atom stereocenters. The van der Waals surface area contributed by atoms with Gasteiger partial charge in [-0.15, -0.1) is 12.4 Å². The molecule has 0 aromatic heterocycles. The second-order valence-electron chi connectivity index (χ2n) is 7.05. The summed E-state index contributed by atoms with van der Waals surface area (Å²) < 4.78 is 0. The van der Waals surface area contributed by atoms with Crippen LogP contribution in [0.1, 0.15) is 26.3 Å². The molecule has 0 unspecified atom stereocenters. The predicted octanol–water partition coefficient (Wildman–Crippen LogP) is 2.31. The fraction of sp³-hybridized carbons (Fsp3) is 0.529. The van der Waals surface area contributed by atoms with Gasteiger partial charge in [0.2, 0.25) is 11.8 Å². The van der Waals surface area contributed by atoms with Crippen LogP contribution in [-0.4, -0.2) is 47.3 Å². The van der Waals surface area contributed by atoms with Gasteiger partial charge >= 0.3 is 0 Å². The van der Waals surface area contributed by atoms with Crippen molar-refractivity contribution in [2.24, 2.45) is 11.1 Å². The van der Waals surface area contributed by atoms with Gasteiger partial charge in [-0.05, 0) is 23.1 Å². The number of halogens is 2. The molecule has 2 N–H and O–H groups in total. The molecule has 0 bridgehead atoms. The first-order valence-corrected chi connectivity index (χ1v) is 8.13. The van der Waals surface area contributed by atoms with Gasteiger partial charge < -0.3 is 15.5 Å². The fourth-order valence-electron chi connectivity index (χ4n) is 2.44. The number of hydrogen-bond donors (Lipinski definition) is 1. The highest BCUT2D eigenvalue weighted by Gasteiger charge is 2.34. The van der Waals surface area contributed by atoms with E-state index in [0.717, 1.165) is 5.56 Å². The maximum Gasteiger partial charge on any atom is 0.242 e. The highest BCUT2D eigenvalue weighted by atomic mass is 35.5. The van der Waals surface area contributed by atoms with Crippen molar-refractivity contribution in [3.63, 3.8) is 0 Å². The molecule has 1 saturated heterocycles. The van der Waals surface area contributed by atoms with Gasteiger partial charge in [0, 0.05) is 24.7 Å². The predicted molar refractivity (Wildman–Crippen MR) is 98.1 cm³/mol. The van der Waals surface area contributed by atoms with Crippen molar-refractivity contribution in [1.29, 1.82) is 0 Å².